The predicted octanol–water partition coefficient (Wildman–Crippen LogP) is 0.224. The third-order valence-corrected chi connectivity index (χ3v) is 2.86. The number of H-pyrrole nitrogens is 1. The Morgan fingerprint density at radius 1 is 1.23 bits per heavy atom. The van der Waals surface area contributed by atoms with E-state index in [0.717, 1.165) is 0 Å². The van der Waals surface area contributed by atoms with Crippen molar-refractivity contribution in [2.75, 3.05) is 19.8 Å². The summed E-state index contributed by atoms with van der Waals surface area (Å²) >= 11 is 0. The van der Waals surface area contributed by atoms with Gasteiger partial charge in [0, 0.05) is 11.1 Å². The molecule has 0 saturated carbocycles. The van der Waals surface area contributed by atoms with Crippen LogP contribution in [-0.2, 0) is 29.3 Å². The van der Waals surface area contributed by atoms with E-state index >= 15 is 0 Å². The van der Waals surface area contributed by atoms with Gasteiger partial charge in [-0.15, -0.1) is 0 Å². The Balaban J connectivity index is 3.48. The molecule has 0 aliphatic rings. The van der Waals surface area contributed by atoms with Crippen molar-refractivity contribution in [2.24, 2.45) is 0 Å². The lowest BCUT2D eigenvalue weighted by Crippen LogP contribution is -2.54. The molecule has 0 fully saturated rings. The van der Waals surface area contributed by atoms with Crippen LogP contribution >= 0.6 is 0 Å². The second-order valence-electron chi connectivity index (χ2n) is 4.19. The van der Waals surface area contributed by atoms with Crippen LogP contribution in [0, 0.1) is 10.1 Å². The molecular formula is C13H16N2O7. The van der Waals surface area contributed by atoms with E-state index in [1.807, 2.05) is 0 Å². The van der Waals surface area contributed by atoms with Gasteiger partial charge in [-0.05, 0) is 26.0 Å². The normalized spacial score (nSPS) is 10.8. The molecule has 9 nitrogen and oxygen atoms in total. The summed E-state index contributed by atoms with van der Waals surface area (Å²) in [6.45, 7) is 1.55. The van der Waals surface area contributed by atoms with Crippen LogP contribution in [0.1, 0.15) is 19.5 Å². The van der Waals surface area contributed by atoms with Crippen molar-refractivity contribution in [3.8, 4) is 0 Å². The average molecular weight is 312 g/mol. The van der Waals surface area contributed by atoms with Crippen molar-refractivity contribution in [2.45, 2.75) is 19.3 Å². The summed E-state index contributed by atoms with van der Waals surface area (Å²) in [7, 11) is 0. The van der Waals surface area contributed by atoms with Gasteiger partial charge in [0.05, 0.1) is 18.9 Å². The number of carbonyl (C=O) groups excluding carboxylic acids is 3. The lowest BCUT2D eigenvalue weighted by molar-refractivity contribution is -0.467. The molecule has 0 saturated heterocycles. The van der Waals surface area contributed by atoms with Crippen molar-refractivity contribution in [3.05, 3.63) is 34.1 Å². The highest BCUT2D eigenvalue weighted by atomic mass is 16.6. The minimum Gasteiger partial charge on any atom is -0.464 e. The van der Waals surface area contributed by atoms with Crippen LogP contribution in [0.25, 0.3) is 0 Å². The van der Waals surface area contributed by atoms with Gasteiger partial charge >= 0.3 is 11.9 Å². The Hall–Kier alpha value is -2.71. The first-order chi connectivity index (χ1) is 10.4. The number of rotatable bonds is 8. The van der Waals surface area contributed by atoms with Crippen LogP contribution in [0.5, 0.6) is 0 Å². The summed E-state index contributed by atoms with van der Waals surface area (Å²) in [6, 6.07) is 2.74. The molecular weight excluding hydrogens is 296 g/mol. The Morgan fingerprint density at radius 2 is 1.77 bits per heavy atom. The zero-order valence-electron chi connectivity index (χ0n) is 12.2. The largest absolute Gasteiger partial charge is 0.464 e. The van der Waals surface area contributed by atoms with Gasteiger partial charge in [-0.2, -0.15) is 0 Å². The summed E-state index contributed by atoms with van der Waals surface area (Å²) in [4.78, 5) is 49.3. The minimum absolute atomic E-state index is 0.105. The van der Waals surface area contributed by atoms with Crippen molar-refractivity contribution in [3.63, 3.8) is 0 Å². The number of ketones is 1. The third-order valence-electron chi connectivity index (χ3n) is 2.86. The number of aromatic amines is 1. The molecule has 0 aromatic carbocycles. The number of nitrogens with zero attached hydrogens (tertiary/aromatic N) is 1. The zero-order valence-corrected chi connectivity index (χ0v) is 12.2. The molecule has 0 atom stereocenters. The van der Waals surface area contributed by atoms with Gasteiger partial charge in [0.2, 0.25) is 5.78 Å². The maximum Gasteiger partial charge on any atom is 0.337 e. The fourth-order valence-electron chi connectivity index (χ4n) is 1.96. The van der Waals surface area contributed by atoms with E-state index in [2.05, 4.69) is 4.98 Å². The molecule has 120 valence electrons. The molecule has 0 radical (unpaired) electrons. The fourth-order valence-corrected chi connectivity index (χ4v) is 1.96. The number of ether oxygens (including phenoxy) is 2. The summed E-state index contributed by atoms with van der Waals surface area (Å²) in [5, 5.41) is 10.7. The zero-order chi connectivity index (χ0) is 16.8. The Morgan fingerprint density at radius 3 is 2.14 bits per heavy atom. The van der Waals surface area contributed by atoms with Gasteiger partial charge in [0.15, 0.2) is 0 Å². The van der Waals surface area contributed by atoms with Crippen molar-refractivity contribution in [1.82, 2.24) is 4.98 Å². The summed E-state index contributed by atoms with van der Waals surface area (Å²) in [6.07, 6.45) is 1.38. The number of nitro groups is 1. The quantitative estimate of drug-likeness (QED) is 0.315. The molecule has 1 heterocycles. The Kier molecular flexibility index (Phi) is 5.79. The predicted molar refractivity (Wildman–Crippen MR) is 72.6 cm³/mol. The molecule has 0 unspecified atom stereocenters. The van der Waals surface area contributed by atoms with E-state index in [-0.39, 0.29) is 18.9 Å². The first-order valence-electron chi connectivity index (χ1n) is 6.54. The maximum absolute atomic E-state index is 12.3. The molecule has 1 rings (SSSR count). The highest BCUT2D eigenvalue weighted by molar-refractivity contribution is 6.26. The van der Waals surface area contributed by atoms with Crippen LogP contribution in [0.2, 0.25) is 0 Å². The minimum atomic E-state index is -2.53. The van der Waals surface area contributed by atoms with Crippen molar-refractivity contribution >= 4 is 17.7 Å². The van der Waals surface area contributed by atoms with E-state index in [1.165, 1.54) is 32.2 Å². The standard InChI is InChI=1S/C13H16N2O7/c1-3-21-11(17)13(12(18)22-4-2,9-6-5-7-14-9)10(16)8-15(19)20/h5-7,14H,3-4,8H2,1-2H3. The monoisotopic (exact) mass is 312 g/mol. The van der Waals surface area contributed by atoms with Crippen molar-refractivity contribution < 1.29 is 28.8 Å². The molecule has 1 aromatic heterocycles. The third kappa shape index (κ3) is 3.13. The lowest BCUT2D eigenvalue weighted by Gasteiger charge is -2.25. The van der Waals surface area contributed by atoms with Crippen molar-refractivity contribution in [1.29, 1.82) is 0 Å². The van der Waals surface area contributed by atoms with E-state index in [0.29, 0.717) is 0 Å². The fraction of sp³-hybridized carbons (Fsp3) is 0.462. The van der Waals surface area contributed by atoms with Gasteiger partial charge in [0.1, 0.15) is 0 Å². The second-order valence-corrected chi connectivity index (χ2v) is 4.19. The number of hydrogen-bond acceptors (Lipinski definition) is 7. The number of hydrogen-bond donors (Lipinski definition) is 1. The molecule has 0 aliphatic carbocycles. The highest BCUT2D eigenvalue weighted by Crippen LogP contribution is 2.28. The Labute approximate surface area is 125 Å². The number of nitrogens with one attached hydrogen (secondary N) is 1. The highest BCUT2D eigenvalue weighted by Gasteiger charge is 2.59. The van der Waals surface area contributed by atoms with Crippen LogP contribution in [-0.4, -0.2) is 47.4 Å². The molecule has 9 heteroatoms. The molecule has 22 heavy (non-hydrogen) atoms. The van der Waals surface area contributed by atoms with Gasteiger partial charge in [-0.3, -0.25) is 14.9 Å². The van der Waals surface area contributed by atoms with Gasteiger partial charge in [0.25, 0.3) is 12.0 Å². The first-order valence-corrected chi connectivity index (χ1v) is 6.54. The second kappa shape index (κ2) is 7.34. The molecule has 1 N–H and O–H groups in total. The van der Waals surface area contributed by atoms with Gasteiger partial charge < -0.3 is 14.5 Å². The van der Waals surface area contributed by atoms with Crippen LogP contribution < -0.4 is 0 Å². The van der Waals surface area contributed by atoms with Gasteiger partial charge in [-0.25, -0.2) is 9.59 Å². The number of esters is 2. The Bertz CT molecular complexity index is 547. The van der Waals surface area contributed by atoms with E-state index < -0.39 is 34.6 Å². The molecule has 0 bridgehead atoms. The summed E-state index contributed by atoms with van der Waals surface area (Å²) in [5.41, 5.74) is -2.65. The van der Waals surface area contributed by atoms with Crippen LogP contribution in [0.3, 0.4) is 0 Å². The van der Waals surface area contributed by atoms with Crippen LogP contribution in [0.4, 0.5) is 0 Å². The molecule has 0 spiro atoms. The van der Waals surface area contributed by atoms with E-state index in [9.17, 15) is 24.5 Å². The number of Topliss-reactive ketones (excluding diaryl/α,β-unsaturated/α-hetero) is 1. The summed E-state index contributed by atoms with van der Waals surface area (Å²) < 4.78 is 9.60. The number of aromatic nitrogens is 1. The van der Waals surface area contributed by atoms with Gasteiger partial charge in [-0.1, -0.05) is 0 Å². The SMILES string of the molecule is CCOC(=O)C(C(=O)C[N+](=O)[O-])(C(=O)OCC)c1ccc[nH]1. The molecule has 0 aliphatic heterocycles. The molecule has 0 amide bonds. The first kappa shape index (κ1) is 17.3. The molecule has 1 aromatic rings. The van der Waals surface area contributed by atoms with E-state index in [4.69, 9.17) is 9.47 Å². The topological polar surface area (TPSA) is 129 Å². The maximum atomic E-state index is 12.3. The van der Waals surface area contributed by atoms with E-state index in [1.54, 1.807) is 0 Å². The lowest BCUT2D eigenvalue weighted by atomic mass is 9.79. The smallest absolute Gasteiger partial charge is 0.337 e. The average Bonchev–Trinajstić information content (AvgIpc) is 2.93. The summed E-state index contributed by atoms with van der Waals surface area (Å²) in [5.74, 6) is -3.64. The number of carbonyl (C=O) groups is 3. The van der Waals surface area contributed by atoms with Crippen LogP contribution in [0.15, 0.2) is 18.3 Å².